The van der Waals surface area contributed by atoms with Crippen molar-refractivity contribution in [2.45, 2.75) is 19.4 Å². The number of nitriles is 1. The summed E-state index contributed by atoms with van der Waals surface area (Å²) in [6, 6.07) is 6.51. The van der Waals surface area contributed by atoms with E-state index in [1.807, 2.05) is 6.07 Å². The number of hydrogen-bond donors (Lipinski definition) is 2. The molecule has 2 rings (SSSR count). The van der Waals surface area contributed by atoms with Crippen molar-refractivity contribution >= 4 is 29.0 Å². The zero-order valence-electron chi connectivity index (χ0n) is 11.6. The summed E-state index contributed by atoms with van der Waals surface area (Å²) >= 11 is 5.05. The summed E-state index contributed by atoms with van der Waals surface area (Å²) in [7, 11) is 1.59. The summed E-state index contributed by atoms with van der Waals surface area (Å²) in [5, 5.41) is 11.8. The number of nitrogens with zero attached hydrogens (tertiary/aromatic N) is 2. The van der Waals surface area contributed by atoms with E-state index in [-0.39, 0.29) is 23.9 Å². The van der Waals surface area contributed by atoms with E-state index in [1.54, 1.807) is 32.2 Å². The van der Waals surface area contributed by atoms with Gasteiger partial charge in [0, 0.05) is 18.7 Å². The Labute approximate surface area is 126 Å². The molecule has 1 atom stereocenters. The van der Waals surface area contributed by atoms with Crippen LogP contribution in [0, 0.1) is 16.1 Å². The summed E-state index contributed by atoms with van der Waals surface area (Å²) in [5.74, 6) is -0.292. The van der Waals surface area contributed by atoms with Crippen LogP contribution in [0.15, 0.2) is 23.0 Å². The highest BCUT2D eigenvalue weighted by Gasteiger charge is 2.11. The Morgan fingerprint density at radius 1 is 1.57 bits per heavy atom. The van der Waals surface area contributed by atoms with Gasteiger partial charge in [-0.3, -0.25) is 14.2 Å². The van der Waals surface area contributed by atoms with Crippen molar-refractivity contribution in [1.82, 2.24) is 14.9 Å². The molecule has 0 spiro atoms. The molecule has 0 saturated carbocycles. The van der Waals surface area contributed by atoms with Gasteiger partial charge >= 0.3 is 0 Å². The van der Waals surface area contributed by atoms with Crippen LogP contribution in [-0.2, 0) is 7.05 Å². The third-order valence-corrected chi connectivity index (χ3v) is 3.51. The minimum Gasteiger partial charge on any atom is -0.349 e. The topological polar surface area (TPSA) is 90.7 Å². The largest absolute Gasteiger partial charge is 0.349 e. The van der Waals surface area contributed by atoms with Crippen LogP contribution in [0.2, 0.25) is 0 Å². The van der Waals surface area contributed by atoms with Gasteiger partial charge in [0.25, 0.3) is 11.5 Å². The highest BCUT2D eigenvalue weighted by molar-refractivity contribution is 7.71. The molecule has 1 aromatic carbocycles. The summed E-state index contributed by atoms with van der Waals surface area (Å²) < 4.78 is 1.63. The average molecular weight is 302 g/mol. The minimum atomic E-state index is -0.292. The van der Waals surface area contributed by atoms with Crippen molar-refractivity contribution in [3.05, 3.63) is 38.9 Å². The Morgan fingerprint density at radius 3 is 2.95 bits per heavy atom. The van der Waals surface area contributed by atoms with Crippen LogP contribution < -0.4 is 10.9 Å². The summed E-state index contributed by atoms with van der Waals surface area (Å²) in [6.45, 7) is 1.76. The predicted molar refractivity (Wildman–Crippen MR) is 81.5 cm³/mol. The molecule has 108 valence electrons. The fourth-order valence-electron chi connectivity index (χ4n) is 1.94. The maximum atomic E-state index is 12.1. The maximum Gasteiger partial charge on any atom is 0.261 e. The van der Waals surface area contributed by atoms with Gasteiger partial charge in [-0.2, -0.15) is 5.26 Å². The Morgan fingerprint density at radius 2 is 2.29 bits per heavy atom. The SMILES string of the molecule is C[C@@H](CC#N)NC(=O)c1ccc2c(=O)n(C)c(=S)[nH]c2c1. The molecule has 0 radical (unpaired) electrons. The zero-order chi connectivity index (χ0) is 15.6. The lowest BCUT2D eigenvalue weighted by atomic mass is 10.1. The number of fused-ring (bicyclic) bond motifs is 1. The Hall–Kier alpha value is -2.46. The van der Waals surface area contributed by atoms with Crippen LogP contribution >= 0.6 is 12.2 Å². The third-order valence-electron chi connectivity index (χ3n) is 3.14. The summed E-state index contributed by atoms with van der Waals surface area (Å²) in [6.07, 6.45) is 0.238. The van der Waals surface area contributed by atoms with Crippen LogP contribution in [0.3, 0.4) is 0 Å². The molecule has 0 aliphatic carbocycles. The molecule has 0 fully saturated rings. The number of rotatable bonds is 3. The maximum absolute atomic E-state index is 12.1. The molecule has 1 amide bonds. The third kappa shape index (κ3) is 3.01. The highest BCUT2D eigenvalue weighted by atomic mass is 32.1. The Kier molecular flexibility index (Phi) is 4.19. The van der Waals surface area contributed by atoms with Crippen molar-refractivity contribution in [2.24, 2.45) is 7.05 Å². The van der Waals surface area contributed by atoms with E-state index in [2.05, 4.69) is 10.3 Å². The van der Waals surface area contributed by atoms with E-state index in [9.17, 15) is 9.59 Å². The molecule has 0 aliphatic heterocycles. The van der Waals surface area contributed by atoms with Crippen molar-refractivity contribution in [2.75, 3.05) is 0 Å². The zero-order valence-corrected chi connectivity index (χ0v) is 12.5. The number of carbonyl (C=O) groups is 1. The molecular formula is C14H14N4O2S. The smallest absolute Gasteiger partial charge is 0.261 e. The van der Waals surface area contributed by atoms with E-state index in [0.29, 0.717) is 21.2 Å². The fraction of sp³-hybridized carbons (Fsp3) is 0.286. The lowest BCUT2D eigenvalue weighted by molar-refractivity contribution is 0.0941. The van der Waals surface area contributed by atoms with Crippen LogP contribution in [0.25, 0.3) is 10.9 Å². The molecule has 7 heteroatoms. The van der Waals surface area contributed by atoms with E-state index in [4.69, 9.17) is 17.5 Å². The number of nitrogens with one attached hydrogen (secondary N) is 2. The quantitative estimate of drug-likeness (QED) is 0.843. The second-order valence-corrected chi connectivity index (χ2v) is 5.18. The van der Waals surface area contributed by atoms with Gasteiger partial charge in [0.05, 0.1) is 23.4 Å². The molecule has 2 N–H and O–H groups in total. The van der Waals surface area contributed by atoms with Gasteiger partial charge in [-0.15, -0.1) is 0 Å². The average Bonchev–Trinajstić information content (AvgIpc) is 2.44. The second kappa shape index (κ2) is 5.89. The molecule has 0 aliphatic rings. The Bertz CT molecular complexity index is 860. The van der Waals surface area contributed by atoms with E-state index in [0.717, 1.165) is 0 Å². The van der Waals surface area contributed by atoms with E-state index in [1.165, 1.54) is 4.57 Å². The number of aromatic nitrogens is 2. The van der Waals surface area contributed by atoms with Crippen molar-refractivity contribution < 1.29 is 4.79 Å². The molecule has 0 saturated heterocycles. The molecule has 0 bridgehead atoms. The molecule has 2 aromatic rings. The van der Waals surface area contributed by atoms with Gasteiger partial charge in [-0.1, -0.05) is 0 Å². The van der Waals surface area contributed by atoms with Crippen molar-refractivity contribution in [3.8, 4) is 6.07 Å². The number of hydrogen-bond acceptors (Lipinski definition) is 4. The van der Waals surface area contributed by atoms with Crippen molar-refractivity contribution in [3.63, 3.8) is 0 Å². The molecule has 1 aromatic heterocycles. The van der Waals surface area contributed by atoms with Crippen molar-refractivity contribution in [1.29, 1.82) is 5.26 Å². The molecule has 1 heterocycles. The fourth-order valence-corrected chi connectivity index (χ4v) is 2.14. The molecular weight excluding hydrogens is 288 g/mol. The monoisotopic (exact) mass is 302 g/mol. The Balaban J connectivity index is 2.42. The van der Waals surface area contributed by atoms with Gasteiger partial charge in [-0.25, -0.2) is 0 Å². The van der Waals surface area contributed by atoms with E-state index >= 15 is 0 Å². The van der Waals surface area contributed by atoms with Gasteiger partial charge in [0.15, 0.2) is 4.77 Å². The lowest BCUT2D eigenvalue weighted by Crippen LogP contribution is -2.32. The summed E-state index contributed by atoms with van der Waals surface area (Å²) in [5.41, 5.74) is 0.716. The lowest BCUT2D eigenvalue weighted by Gasteiger charge is -2.11. The first kappa shape index (κ1) is 14.9. The number of amides is 1. The molecule has 0 unspecified atom stereocenters. The van der Waals surface area contributed by atoms with Crippen LogP contribution in [-0.4, -0.2) is 21.5 Å². The number of H-pyrrole nitrogens is 1. The number of benzene rings is 1. The normalized spacial score (nSPS) is 11.9. The number of aromatic amines is 1. The standard InChI is InChI=1S/C14H14N4O2S/c1-8(5-6-15)16-12(19)9-3-4-10-11(7-9)17-14(21)18(2)13(10)20/h3-4,7-8H,5H2,1-2H3,(H,16,19)(H,17,21)/t8-/m0/s1. The predicted octanol–water partition coefficient (Wildman–Crippen LogP) is 1.63. The van der Waals surface area contributed by atoms with Gasteiger partial charge in [0.1, 0.15) is 0 Å². The second-order valence-electron chi connectivity index (χ2n) is 4.79. The highest BCUT2D eigenvalue weighted by Crippen LogP contribution is 2.11. The number of carbonyl (C=O) groups excluding carboxylic acids is 1. The molecule has 21 heavy (non-hydrogen) atoms. The van der Waals surface area contributed by atoms with Crippen LogP contribution in [0.1, 0.15) is 23.7 Å². The van der Waals surface area contributed by atoms with Crippen LogP contribution in [0.5, 0.6) is 0 Å². The molecule has 6 nitrogen and oxygen atoms in total. The van der Waals surface area contributed by atoms with Gasteiger partial charge < -0.3 is 10.3 Å². The first-order valence-electron chi connectivity index (χ1n) is 6.35. The van der Waals surface area contributed by atoms with E-state index < -0.39 is 0 Å². The minimum absolute atomic E-state index is 0.210. The van der Waals surface area contributed by atoms with Gasteiger partial charge in [-0.05, 0) is 37.3 Å². The first-order valence-corrected chi connectivity index (χ1v) is 6.75. The first-order chi connectivity index (χ1) is 9.93. The van der Waals surface area contributed by atoms with Crippen LogP contribution in [0.4, 0.5) is 0 Å². The van der Waals surface area contributed by atoms with Gasteiger partial charge in [0.2, 0.25) is 0 Å². The summed E-state index contributed by atoms with van der Waals surface area (Å²) in [4.78, 5) is 27.0.